The van der Waals surface area contributed by atoms with Crippen LogP contribution in [-0.4, -0.2) is 18.2 Å². The van der Waals surface area contributed by atoms with Crippen molar-refractivity contribution in [3.8, 4) is 18.4 Å². The largest absolute Gasteiger partial charge is 0.376 e. The second kappa shape index (κ2) is 8.53. The molecular formula is C18H15N3OS. The zero-order valence-electron chi connectivity index (χ0n) is 12.4. The van der Waals surface area contributed by atoms with Crippen molar-refractivity contribution in [2.24, 2.45) is 0 Å². The Kier molecular flexibility index (Phi) is 6.11. The Balaban J connectivity index is 1.95. The molecule has 0 saturated carbocycles. The van der Waals surface area contributed by atoms with E-state index in [0.29, 0.717) is 11.4 Å². The standard InChI is InChI=1S/C18H15N3OS/c1-2-14-6-5-7-15(12-14)20-13-18(22)21-16-8-3-4-9-17(16)23-11-10-19/h1,3-9,12,20H,11,13H2,(H,21,22). The maximum absolute atomic E-state index is 12.1. The Bertz CT molecular complexity index is 774. The molecule has 0 aliphatic carbocycles. The van der Waals surface area contributed by atoms with Gasteiger partial charge in [0.05, 0.1) is 24.1 Å². The lowest BCUT2D eigenvalue weighted by molar-refractivity contribution is -0.114. The molecule has 2 rings (SSSR count). The molecule has 1 amide bonds. The maximum atomic E-state index is 12.1. The van der Waals surface area contributed by atoms with Crippen LogP contribution in [0, 0.1) is 23.7 Å². The summed E-state index contributed by atoms with van der Waals surface area (Å²) in [5.41, 5.74) is 2.26. The van der Waals surface area contributed by atoms with Crippen LogP contribution in [-0.2, 0) is 4.79 Å². The fourth-order valence-corrected chi connectivity index (χ4v) is 2.57. The van der Waals surface area contributed by atoms with Crippen molar-refractivity contribution >= 4 is 29.0 Å². The SMILES string of the molecule is C#Cc1cccc(NCC(=O)Nc2ccccc2SCC#N)c1. The lowest BCUT2D eigenvalue weighted by Gasteiger charge is -2.11. The van der Waals surface area contributed by atoms with E-state index >= 15 is 0 Å². The van der Waals surface area contributed by atoms with Gasteiger partial charge < -0.3 is 10.6 Å². The molecule has 0 aromatic heterocycles. The Morgan fingerprint density at radius 2 is 2.04 bits per heavy atom. The molecule has 23 heavy (non-hydrogen) atoms. The van der Waals surface area contributed by atoms with Gasteiger partial charge in [-0.05, 0) is 30.3 Å². The molecule has 0 aliphatic heterocycles. The molecule has 2 N–H and O–H groups in total. The van der Waals surface area contributed by atoms with Crippen molar-refractivity contribution in [1.29, 1.82) is 5.26 Å². The van der Waals surface area contributed by atoms with E-state index in [1.54, 1.807) is 0 Å². The van der Waals surface area contributed by atoms with Gasteiger partial charge >= 0.3 is 0 Å². The lowest BCUT2D eigenvalue weighted by Crippen LogP contribution is -2.22. The van der Waals surface area contributed by atoms with Gasteiger partial charge in [-0.3, -0.25) is 4.79 Å². The Hall–Kier alpha value is -2.89. The second-order valence-corrected chi connectivity index (χ2v) is 5.59. The van der Waals surface area contributed by atoms with Crippen molar-refractivity contribution in [2.75, 3.05) is 22.9 Å². The summed E-state index contributed by atoms with van der Waals surface area (Å²) in [5, 5.41) is 14.6. The summed E-state index contributed by atoms with van der Waals surface area (Å²) in [6, 6.07) is 16.8. The number of nitriles is 1. The quantitative estimate of drug-likeness (QED) is 0.633. The molecule has 4 nitrogen and oxygen atoms in total. The van der Waals surface area contributed by atoms with Crippen LogP contribution < -0.4 is 10.6 Å². The third-order valence-corrected chi connectivity index (χ3v) is 3.88. The third-order valence-electron chi connectivity index (χ3n) is 2.94. The number of carbonyl (C=O) groups excluding carboxylic acids is 1. The Labute approximate surface area is 139 Å². The molecule has 0 spiro atoms. The summed E-state index contributed by atoms with van der Waals surface area (Å²) in [5.74, 6) is 2.72. The molecule has 0 radical (unpaired) electrons. The number of rotatable bonds is 6. The Morgan fingerprint density at radius 3 is 2.83 bits per heavy atom. The average molecular weight is 321 g/mol. The zero-order valence-corrected chi connectivity index (χ0v) is 13.2. The summed E-state index contributed by atoms with van der Waals surface area (Å²) in [4.78, 5) is 13.0. The minimum Gasteiger partial charge on any atom is -0.376 e. The van der Waals surface area contributed by atoms with Gasteiger partial charge in [-0.15, -0.1) is 18.2 Å². The first-order valence-electron chi connectivity index (χ1n) is 6.92. The van der Waals surface area contributed by atoms with E-state index in [1.807, 2.05) is 48.5 Å². The first kappa shape index (κ1) is 16.5. The maximum Gasteiger partial charge on any atom is 0.243 e. The number of nitrogens with zero attached hydrogens (tertiary/aromatic N) is 1. The topological polar surface area (TPSA) is 64.9 Å². The van der Waals surface area contributed by atoms with Crippen LogP contribution in [0.25, 0.3) is 0 Å². The fraction of sp³-hybridized carbons (Fsp3) is 0.111. The van der Waals surface area contributed by atoms with Crippen molar-refractivity contribution in [2.45, 2.75) is 4.90 Å². The predicted octanol–water partition coefficient (Wildman–Crippen LogP) is 3.33. The minimum absolute atomic E-state index is 0.130. The number of benzene rings is 2. The lowest BCUT2D eigenvalue weighted by atomic mass is 10.2. The van der Waals surface area contributed by atoms with Crippen LogP contribution in [0.4, 0.5) is 11.4 Å². The van der Waals surface area contributed by atoms with Crippen LogP contribution >= 0.6 is 11.8 Å². The number of anilines is 2. The fourth-order valence-electron chi connectivity index (χ4n) is 1.90. The first-order chi connectivity index (χ1) is 11.2. The van der Waals surface area contributed by atoms with E-state index in [1.165, 1.54) is 11.8 Å². The van der Waals surface area contributed by atoms with E-state index in [-0.39, 0.29) is 12.5 Å². The van der Waals surface area contributed by atoms with Gasteiger partial charge in [0.2, 0.25) is 5.91 Å². The normalized spacial score (nSPS) is 9.48. The highest BCUT2D eigenvalue weighted by molar-refractivity contribution is 7.99. The highest BCUT2D eigenvalue weighted by Gasteiger charge is 2.07. The van der Waals surface area contributed by atoms with Crippen LogP contribution in [0.1, 0.15) is 5.56 Å². The van der Waals surface area contributed by atoms with Gasteiger partial charge in [-0.1, -0.05) is 24.1 Å². The number of nitrogens with one attached hydrogen (secondary N) is 2. The van der Waals surface area contributed by atoms with Crippen LogP contribution in [0.2, 0.25) is 0 Å². The third kappa shape index (κ3) is 5.10. The highest BCUT2D eigenvalue weighted by Crippen LogP contribution is 2.26. The van der Waals surface area contributed by atoms with Crippen LogP contribution in [0.3, 0.4) is 0 Å². The molecule has 2 aromatic carbocycles. The monoisotopic (exact) mass is 321 g/mol. The number of terminal acetylenes is 1. The minimum atomic E-state index is -0.166. The van der Waals surface area contributed by atoms with E-state index in [2.05, 4.69) is 22.6 Å². The molecular weight excluding hydrogens is 306 g/mol. The first-order valence-corrected chi connectivity index (χ1v) is 7.90. The number of amides is 1. The van der Waals surface area contributed by atoms with Gasteiger partial charge in [0.25, 0.3) is 0 Å². The predicted molar refractivity (Wildman–Crippen MR) is 94.3 cm³/mol. The van der Waals surface area contributed by atoms with E-state index in [9.17, 15) is 4.79 Å². The van der Waals surface area contributed by atoms with Crippen molar-refractivity contribution in [3.05, 3.63) is 54.1 Å². The van der Waals surface area contributed by atoms with Crippen LogP contribution in [0.5, 0.6) is 0 Å². The van der Waals surface area contributed by atoms with Crippen molar-refractivity contribution in [3.63, 3.8) is 0 Å². The molecule has 0 fully saturated rings. The molecule has 0 aliphatic rings. The smallest absolute Gasteiger partial charge is 0.243 e. The summed E-state index contributed by atoms with van der Waals surface area (Å²) in [6.07, 6.45) is 5.35. The number of para-hydroxylation sites is 1. The van der Waals surface area contributed by atoms with Crippen molar-refractivity contribution in [1.82, 2.24) is 0 Å². The van der Waals surface area contributed by atoms with Crippen molar-refractivity contribution < 1.29 is 4.79 Å². The summed E-state index contributed by atoms with van der Waals surface area (Å²) < 4.78 is 0. The highest BCUT2D eigenvalue weighted by atomic mass is 32.2. The van der Waals surface area contributed by atoms with Crippen LogP contribution in [0.15, 0.2) is 53.4 Å². The zero-order chi connectivity index (χ0) is 16.5. The number of hydrogen-bond acceptors (Lipinski definition) is 4. The molecule has 0 bridgehead atoms. The number of thioether (sulfide) groups is 1. The molecule has 5 heteroatoms. The average Bonchev–Trinajstić information content (AvgIpc) is 2.59. The molecule has 0 unspecified atom stereocenters. The van der Waals surface area contributed by atoms with Gasteiger partial charge in [0.1, 0.15) is 0 Å². The number of hydrogen-bond donors (Lipinski definition) is 2. The van der Waals surface area contributed by atoms with Gasteiger partial charge in [0, 0.05) is 16.1 Å². The summed E-state index contributed by atoms with van der Waals surface area (Å²) >= 11 is 1.39. The van der Waals surface area contributed by atoms with Gasteiger partial charge in [-0.25, -0.2) is 0 Å². The van der Waals surface area contributed by atoms with Gasteiger partial charge in [-0.2, -0.15) is 5.26 Å². The summed E-state index contributed by atoms with van der Waals surface area (Å²) in [7, 11) is 0. The number of carbonyl (C=O) groups is 1. The van der Waals surface area contributed by atoms with E-state index in [4.69, 9.17) is 11.7 Å². The Morgan fingerprint density at radius 1 is 1.22 bits per heavy atom. The van der Waals surface area contributed by atoms with Gasteiger partial charge in [0.15, 0.2) is 0 Å². The molecule has 0 saturated heterocycles. The summed E-state index contributed by atoms with van der Waals surface area (Å²) in [6.45, 7) is 0.130. The molecule has 0 atom stereocenters. The second-order valence-electron chi connectivity index (χ2n) is 4.57. The van der Waals surface area contributed by atoms with E-state index in [0.717, 1.165) is 16.1 Å². The molecule has 114 valence electrons. The molecule has 0 heterocycles. The molecule has 2 aromatic rings. The van der Waals surface area contributed by atoms with E-state index < -0.39 is 0 Å².